The van der Waals surface area contributed by atoms with E-state index in [1.54, 1.807) is 22.7 Å². The molecule has 0 bridgehead atoms. The summed E-state index contributed by atoms with van der Waals surface area (Å²) >= 11 is 0. The number of carbonyl (C=O) groups is 1. The Balaban J connectivity index is 1.62. The summed E-state index contributed by atoms with van der Waals surface area (Å²) in [6.07, 6.45) is 3.18. The zero-order chi connectivity index (χ0) is 16.7. The minimum Gasteiger partial charge on any atom is -0.337 e. The lowest BCUT2D eigenvalue weighted by atomic mass is 9.78. The third kappa shape index (κ3) is 2.41. The number of fused-ring (bicyclic) bond motifs is 1. The highest BCUT2D eigenvalue weighted by Crippen LogP contribution is 2.37. The van der Waals surface area contributed by atoms with E-state index in [0.29, 0.717) is 23.9 Å². The van der Waals surface area contributed by atoms with E-state index in [1.807, 2.05) is 18.2 Å². The summed E-state index contributed by atoms with van der Waals surface area (Å²) < 4.78 is 1.62. The lowest BCUT2D eigenvalue weighted by Gasteiger charge is -2.38. The molecule has 1 amide bonds. The van der Waals surface area contributed by atoms with Crippen molar-refractivity contribution in [2.45, 2.75) is 19.3 Å². The Bertz CT molecular complexity index is 842. The fraction of sp³-hybridized carbons (Fsp3) is 0.500. The summed E-state index contributed by atoms with van der Waals surface area (Å²) in [6.45, 7) is 3.53. The molecule has 6 heteroatoms. The highest BCUT2D eigenvalue weighted by molar-refractivity contribution is 5.95. The monoisotopic (exact) mass is 326 g/mol. The molecule has 2 aliphatic heterocycles. The van der Waals surface area contributed by atoms with Crippen molar-refractivity contribution in [3.05, 3.63) is 40.2 Å². The molecule has 0 atom stereocenters. The van der Waals surface area contributed by atoms with Gasteiger partial charge in [-0.15, -0.1) is 0 Å². The van der Waals surface area contributed by atoms with Crippen LogP contribution >= 0.6 is 0 Å². The van der Waals surface area contributed by atoms with Crippen LogP contribution in [-0.4, -0.2) is 46.8 Å². The first kappa shape index (κ1) is 15.3. The lowest BCUT2D eigenvalue weighted by Crippen LogP contribution is -2.45. The van der Waals surface area contributed by atoms with Gasteiger partial charge in [0.15, 0.2) is 5.69 Å². The third-order valence-electron chi connectivity index (χ3n) is 5.61. The molecule has 1 spiro atoms. The minimum atomic E-state index is -0.267. The molecule has 0 saturated carbocycles. The zero-order valence-corrected chi connectivity index (χ0v) is 13.9. The number of hydrogen-bond acceptors (Lipinski definition) is 4. The van der Waals surface area contributed by atoms with E-state index in [9.17, 15) is 9.59 Å². The number of nitrogens with zero attached hydrogens (tertiary/aromatic N) is 3. The second-order valence-electron chi connectivity index (χ2n) is 7.04. The molecule has 4 rings (SSSR count). The normalized spacial score (nSPS) is 20.0. The molecule has 6 nitrogen and oxygen atoms in total. The summed E-state index contributed by atoms with van der Waals surface area (Å²) in [5.74, 6) is -0.234. The Morgan fingerprint density at radius 1 is 1.21 bits per heavy atom. The number of aromatic nitrogens is 2. The number of aryl methyl sites for hydroxylation is 1. The van der Waals surface area contributed by atoms with Crippen molar-refractivity contribution in [2.24, 2.45) is 12.5 Å². The van der Waals surface area contributed by atoms with Gasteiger partial charge in [0.05, 0.1) is 5.52 Å². The average molecular weight is 326 g/mol. The molecule has 2 aromatic rings. The van der Waals surface area contributed by atoms with Crippen LogP contribution in [-0.2, 0) is 7.05 Å². The number of nitrogens with one attached hydrogen (secondary N) is 1. The van der Waals surface area contributed by atoms with Crippen LogP contribution in [0.3, 0.4) is 0 Å². The van der Waals surface area contributed by atoms with Gasteiger partial charge in [-0.3, -0.25) is 14.3 Å². The lowest BCUT2D eigenvalue weighted by molar-refractivity contribution is 0.0598. The standard InChI is InChI=1S/C18H22N4O2/c1-21-14-5-3-2-4-13(14)16(23)15(20-21)17(24)22-10-7-18(8-11-22)6-9-19-12-18/h2-5,19H,6-12H2,1H3. The Labute approximate surface area is 140 Å². The predicted octanol–water partition coefficient (Wildman–Crippen LogP) is 1.15. The fourth-order valence-corrected chi connectivity index (χ4v) is 4.02. The summed E-state index contributed by atoms with van der Waals surface area (Å²) in [5.41, 5.74) is 0.861. The first-order chi connectivity index (χ1) is 11.6. The largest absolute Gasteiger partial charge is 0.337 e. The molecule has 3 heterocycles. The van der Waals surface area contributed by atoms with Gasteiger partial charge in [-0.1, -0.05) is 12.1 Å². The molecule has 126 valence electrons. The SMILES string of the molecule is Cn1nc(C(=O)N2CCC3(CCNC3)CC2)c(=O)c2ccccc21. The number of piperidine rings is 1. The van der Waals surface area contributed by atoms with Crippen LogP contribution in [0, 0.1) is 5.41 Å². The van der Waals surface area contributed by atoms with Crippen molar-refractivity contribution in [1.29, 1.82) is 0 Å². The number of amides is 1. The maximum atomic E-state index is 12.9. The molecule has 0 unspecified atom stereocenters. The fourth-order valence-electron chi connectivity index (χ4n) is 4.02. The van der Waals surface area contributed by atoms with Crippen LogP contribution in [0.4, 0.5) is 0 Å². The zero-order valence-electron chi connectivity index (χ0n) is 13.9. The molecule has 0 radical (unpaired) electrons. The Kier molecular flexibility index (Phi) is 3.64. The van der Waals surface area contributed by atoms with Crippen molar-refractivity contribution in [1.82, 2.24) is 20.0 Å². The topological polar surface area (TPSA) is 67.2 Å². The molecular weight excluding hydrogens is 304 g/mol. The Morgan fingerprint density at radius 3 is 2.67 bits per heavy atom. The number of carbonyl (C=O) groups excluding carboxylic acids is 1. The second-order valence-corrected chi connectivity index (χ2v) is 7.04. The molecule has 2 saturated heterocycles. The number of rotatable bonds is 1. The van der Waals surface area contributed by atoms with Gasteiger partial charge in [-0.2, -0.15) is 5.10 Å². The number of benzene rings is 1. The first-order valence-corrected chi connectivity index (χ1v) is 8.56. The van der Waals surface area contributed by atoms with Crippen LogP contribution in [0.1, 0.15) is 29.8 Å². The van der Waals surface area contributed by atoms with Crippen LogP contribution in [0.5, 0.6) is 0 Å². The van der Waals surface area contributed by atoms with E-state index in [4.69, 9.17) is 0 Å². The maximum Gasteiger partial charge on any atom is 0.278 e. The molecule has 1 aromatic carbocycles. The highest BCUT2D eigenvalue weighted by Gasteiger charge is 2.38. The van der Waals surface area contributed by atoms with Crippen LogP contribution < -0.4 is 10.7 Å². The number of hydrogen-bond donors (Lipinski definition) is 1. The third-order valence-corrected chi connectivity index (χ3v) is 5.61. The number of likely N-dealkylation sites (tertiary alicyclic amines) is 1. The smallest absolute Gasteiger partial charge is 0.278 e. The maximum absolute atomic E-state index is 12.9. The highest BCUT2D eigenvalue weighted by atomic mass is 16.2. The van der Waals surface area contributed by atoms with Crippen molar-refractivity contribution >= 4 is 16.8 Å². The van der Waals surface area contributed by atoms with Crippen molar-refractivity contribution in [2.75, 3.05) is 26.2 Å². The molecule has 0 aliphatic carbocycles. The van der Waals surface area contributed by atoms with E-state index >= 15 is 0 Å². The van der Waals surface area contributed by atoms with E-state index < -0.39 is 0 Å². The van der Waals surface area contributed by atoms with Crippen molar-refractivity contribution in [3.8, 4) is 0 Å². The molecule has 24 heavy (non-hydrogen) atoms. The first-order valence-electron chi connectivity index (χ1n) is 8.56. The molecule has 1 aromatic heterocycles. The van der Waals surface area contributed by atoms with E-state index in [0.717, 1.165) is 31.4 Å². The van der Waals surface area contributed by atoms with E-state index in [1.165, 1.54) is 6.42 Å². The van der Waals surface area contributed by atoms with Crippen LogP contribution in [0.2, 0.25) is 0 Å². The summed E-state index contributed by atoms with van der Waals surface area (Å²) in [6, 6.07) is 7.28. The number of para-hydroxylation sites is 1. The average Bonchev–Trinajstić information content (AvgIpc) is 3.06. The van der Waals surface area contributed by atoms with Gasteiger partial charge in [0.25, 0.3) is 5.91 Å². The summed E-state index contributed by atoms with van der Waals surface area (Å²) in [5, 5.41) is 8.24. The van der Waals surface area contributed by atoms with Crippen molar-refractivity contribution in [3.63, 3.8) is 0 Å². The predicted molar refractivity (Wildman–Crippen MR) is 92.0 cm³/mol. The van der Waals surface area contributed by atoms with Gasteiger partial charge >= 0.3 is 0 Å². The molecule has 1 N–H and O–H groups in total. The van der Waals surface area contributed by atoms with Crippen LogP contribution in [0.15, 0.2) is 29.1 Å². The van der Waals surface area contributed by atoms with Gasteiger partial charge in [0, 0.05) is 32.1 Å². The van der Waals surface area contributed by atoms with Gasteiger partial charge in [-0.05, 0) is 43.4 Å². The Hall–Kier alpha value is -2.21. The van der Waals surface area contributed by atoms with Gasteiger partial charge < -0.3 is 10.2 Å². The van der Waals surface area contributed by atoms with Gasteiger partial charge in [-0.25, -0.2) is 0 Å². The van der Waals surface area contributed by atoms with E-state index in [2.05, 4.69) is 10.4 Å². The van der Waals surface area contributed by atoms with E-state index in [-0.39, 0.29) is 17.0 Å². The summed E-state index contributed by atoms with van der Waals surface area (Å²) in [7, 11) is 1.77. The van der Waals surface area contributed by atoms with Gasteiger partial charge in [0.2, 0.25) is 5.43 Å². The molecular formula is C18H22N4O2. The van der Waals surface area contributed by atoms with Gasteiger partial charge in [0.1, 0.15) is 0 Å². The Morgan fingerprint density at radius 2 is 1.96 bits per heavy atom. The molecule has 2 aliphatic rings. The second kappa shape index (κ2) is 5.70. The minimum absolute atomic E-state index is 0.0386. The van der Waals surface area contributed by atoms with Crippen LogP contribution in [0.25, 0.3) is 10.9 Å². The summed E-state index contributed by atoms with van der Waals surface area (Å²) in [4.78, 5) is 27.3. The molecule has 2 fully saturated rings. The van der Waals surface area contributed by atoms with Crippen molar-refractivity contribution < 1.29 is 4.79 Å². The quantitative estimate of drug-likeness (QED) is 0.854.